The van der Waals surface area contributed by atoms with E-state index in [1.807, 2.05) is 12.2 Å². The van der Waals surface area contributed by atoms with E-state index < -0.39 is 11.9 Å². The Kier molecular flexibility index (Phi) is 3.42. The smallest absolute Gasteiger partial charge is 0.352 e. The van der Waals surface area contributed by atoms with Gasteiger partial charge in [-0.15, -0.1) is 0 Å². The normalized spacial score (nSPS) is 33.0. The van der Waals surface area contributed by atoms with E-state index in [9.17, 15) is 14.7 Å². The molecule has 0 atom stereocenters. The average molecular weight is 324 g/mol. The van der Waals surface area contributed by atoms with Crippen LogP contribution in [0.1, 0.15) is 64.8 Å². The Labute approximate surface area is 141 Å². The Morgan fingerprint density at radius 3 is 2.21 bits per heavy atom. The summed E-state index contributed by atoms with van der Waals surface area (Å²) in [5.74, 6) is 0.240. The van der Waals surface area contributed by atoms with Crippen LogP contribution in [0.25, 0.3) is 0 Å². The van der Waals surface area contributed by atoms with Crippen molar-refractivity contribution in [3.05, 3.63) is 34.9 Å². The number of hydrogen-bond donors (Lipinski definition) is 1. The molecule has 0 unspecified atom stereocenters. The lowest BCUT2D eigenvalue weighted by atomic mass is 9.47. The van der Waals surface area contributed by atoms with Gasteiger partial charge >= 0.3 is 11.9 Å². The summed E-state index contributed by atoms with van der Waals surface area (Å²) in [7, 11) is 0. The van der Waals surface area contributed by atoms with Crippen molar-refractivity contribution in [3.63, 3.8) is 0 Å². The zero-order valence-electron chi connectivity index (χ0n) is 13.5. The van der Waals surface area contributed by atoms with Gasteiger partial charge in [-0.25, -0.2) is 9.59 Å². The molecule has 4 bridgehead atoms. The van der Waals surface area contributed by atoms with Crippen LogP contribution in [0.5, 0.6) is 0 Å². The van der Waals surface area contributed by atoms with Crippen molar-refractivity contribution in [2.24, 2.45) is 17.8 Å². The van der Waals surface area contributed by atoms with Crippen LogP contribution < -0.4 is 0 Å². The zero-order valence-corrected chi connectivity index (χ0v) is 13.5. The fourth-order valence-corrected chi connectivity index (χ4v) is 5.94. The van der Waals surface area contributed by atoms with Crippen molar-refractivity contribution < 1.29 is 19.4 Å². The van der Waals surface area contributed by atoms with E-state index in [0.717, 1.165) is 24.8 Å². The number of ether oxygens (including phenoxy) is 1. The van der Waals surface area contributed by atoms with Gasteiger partial charge in [0.25, 0.3) is 0 Å². The summed E-state index contributed by atoms with van der Waals surface area (Å²) in [5, 5.41) is 9.81. The summed E-state index contributed by atoms with van der Waals surface area (Å²) in [6.45, 7) is 0. The van der Waals surface area contributed by atoms with Gasteiger partial charge in [0.1, 0.15) is 6.11 Å². The van der Waals surface area contributed by atoms with Gasteiger partial charge in [0.2, 0.25) is 0 Å². The third-order valence-corrected chi connectivity index (χ3v) is 6.26. The van der Waals surface area contributed by atoms with Gasteiger partial charge in [0.15, 0.2) is 0 Å². The number of rotatable bonds is 3. The van der Waals surface area contributed by atoms with Crippen molar-refractivity contribution in [3.8, 4) is 12.5 Å². The first-order valence-corrected chi connectivity index (χ1v) is 8.56. The molecule has 1 aromatic rings. The van der Waals surface area contributed by atoms with E-state index in [-0.39, 0.29) is 16.5 Å². The van der Waals surface area contributed by atoms with Crippen LogP contribution in [0, 0.1) is 30.3 Å². The minimum absolute atomic E-state index is 0.0636. The molecule has 0 amide bonds. The second-order valence-corrected chi connectivity index (χ2v) is 7.74. The topological polar surface area (TPSA) is 63.6 Å². The van der Waals surface area contributed by atoms with Crippen molar-refractivity contribution in [2.45, 2.75) is 43.9 Å². The minimum atomic E-state index is -1.08. The van der Waals surface area contributed by atoms with Crippen LogP contribution in [0.4, 0.5) is 0 Å². The highest BCUT2D eigenvalue weighted by atomic mass is 16.5. The highest BCUT2D eigenvalue weighted by Crippen LogP contribution is 2.61. The summed E-state index contributed by atoms with van der Waals surface area (Å²) in [6, 6.07) is 5.14. The van der Waals surface area contributed by atoms with E-state index in [0.29, 0.717) is 17.8 Å². The predicted octanol–water partition coefficient (Wildman–Crippen LogP) is 3.60. The lowest BCUT2D eigenvalue weighted by molar-refractivity contribution is -0.00587. The molecule has 4 saturated carbocycles. The fraction of sp³-hybridized carbons (Fsp3) is 0.500. The molecule has 4 nitrogen and oxygen atoms in total. The first-order chi connectivity index (χ1) is 11.5. The number of terminal acetylenes is 1. The molecule has 0 spiro atoms. The zero-order chi connectivity index (χ0) is 16.9. The monoisotopic (exact) mass is 324 g/mol. The number of carboxylic acids is 1. The van der Waals surface area contributed by atoms with Gasteiger partial charge in [0, 0.05) is 0 Å². The lowest BCUT2D eigenvalue weighted by Gasteiger charge is -2.57. The molecule has 24 heavy (non-hydrogen) atoms. The highest BCUT2D eigenvalue weighted by molar-refractivity contribution is 6.04. The molecule has 4 aliphatic carbocycles. The molecule has 0 aromatic heterocycles. The molecule has 124 valence electrons. The van der Waals surface area contributed by atoms with Gasteiger partial charge in [0.05, 0.1) is 11.1 Å². The maximum atomic E-state index is 12.1. The molecule has 1 N–H and O–H groups in total. The number of hydrogen-bond acceptors (Lipinski definition) is 3. The summed E-state index contributed by atoms with van der Waals surface area (Å²) in [4.78, 5) is 24.1. The molecular formula is C20H20O4. The second-order valence-electron chi connectivity index (χ2n) is 7.74. The van der Waals surface area contributed by atoms with Crippen molar-refractivity contribution in [1.82, 2.24) is 0 Å². The maximum Gasteiger partial charge on any atom is 0.352 e. The first-order valence-electron chi connectivity index (χ1n) is 8.56. The standard InChI is InChI=1S/C20H20O4/c1-2-24-19(23)15-4-3-5-16(17(15)18(21)22)20-9-12-6-13(10-20)8-14(7-12)11-20/h1,3-5,12-14H,6-11H2,(H,21,22). The van der Waals surface area contributed by atoms with Crippen LogP contribution in [0.15, 0.2) is 18.2 Å². The fourth-order valence-electron chi connectivity index (χ4n) is 5.94. The molecule has 4 fully saturated rings. The highest BCUT2D eigenvalue weighted by Gasteiger charge is 2.52. The van der Waals surface area contributed by atoms with Crippen LogP contribution >= 0.6 is 0 Å². The predicted molar refractivity (Wildman–Crippen MR) is 87.5 cm³/mol. The summed E-state index contributed by atoms with van der Waals surface area (Å²) >= 11 is 0. The molecule has 5 rings (SSSR count). The third kappa shape index (κ3) is 2.23. The molecule has 4 heteroatoms. The third-order valence-electron chi connectivity index (χ3n) is 6.26. The number of benzene rings is 1. The second kappa shape index (κ2) is 5.37. The van der Waals surface area contributed by atoms with Crippen molar-refractivity contribution in [1.29, 1.82) is 0 Å². The van der Waals surface area contributed by atoms with E-state index in [2.05, 4.69) is 4.74 Å². The average Bonchev–Trinajstić information content (AvgIpc) is 2.53. The van der Waals surface area contributed by atoms with Gasteiger partial charge in [-0.3, -0.25) is 0 Å². The van der Waals surface area contributed by atoms with Crippen molar-refractivity contribution >= 4 is 11.9 Å². The Bertz CT molecular complexity index is 720. The van der Waals surface area contributed by atoms with Crippen molar-refractivity contribution in [2.75, 3.05) is 0 Å². The van der Waals surface area contributed by atoms with Gasteiger partial charge in [-0.05, 0) is 73.3 Å². The largest absolute Gasteiger partial charge is 0.478 e. The molecule has 0 heterocycles. The van der Waals surface area contributed by atoms with Gasteiger partial charge < -0.3 is 9.84 Å². The Balaban J connectivity index is 1.84. The Morgan fingerprint density at radius 2 is 1.71 bits per heavy atom. The summed E-state index contributed by atoms with van der Waals surface area (Å²) < 4.78 is 4.62. The quantitative estimate of drug-likeness (QED) is 0.681. The summed E-state index contributed by atoms with van der Waals surface area (Å²) in [5.41, 5.74) is 0.850. The maximum absolute atomic E-state index is 12.1. The number of carbonyl (C=O) groups is 2. The SMILES string of the molecule is C#COC(=O)c1cccc(C23CC4CC(CC(C4)C2)C3)c1C(=O)O. The lowest BCUT2D eigenvalue weighted by Crippen LogP contribution is -2.49. The van der Waals surface area contributed by atoms with Crippen LogP contribution in [-0.4, -0.2) is 17.0 Å². The van der Waals surface area contributed by atoms with E-state index >= 15 is 0 Å². The molecule has 0 radical (unpaired) electrons. The number of aromatic carboxylic acids is 1. The van der Waals surface area contributed by atoms with Gasteiger partial charge in [-0.1, -0.05) is 18.6 Å². The molecule has 0 saturated heterocycles. The number of carboxylic acid groups (broad SMARTS) is 1. The van der Waals surface area contributed by atoms with Gasteiger partial charge in [-0.2, -0.15) is 0 Å². The Morgan fingerprint density at radius 1 is 1.12 bits per heavy atom. The first kappa shape index (κ1) is 15.3. The molecule has 4 aliphatic rings. The van der Waals surface area contributed by atoms with E-state index in [1.165, 1.54) is 25.3 Å². The van der Waals surface area contributed by atoms with E-state index in [1.54, 1.807) is 6.07 Å². The van der Waals surface area contributed by atoms with E-state index in [4.69, 9.17) is 6.42 Å². The molecule has 0 aliphatic heterocycles. The van der Waals surface area contributed by atoms with Crippen LogP contribution in [0.2, 0.25) is 0 Å². The minimum Gasteiger partial charge on any atom is -0.478 e. The Hall–Kier alpha value is -2.28. The van der Waals surface area contributed by atoms with Crippen LogP contribution in [0.3, 0.4) is 0 Å². The summed E-state index contributed by atoms with van der Waals surface area (Å²) in [6.07, 6.45) is 13.8. The number of carbonyl (C=O) groups excluding carboxylic acids is 1. The van der Waals surface area contributed by atoms with Crippen LogP contribution in [-0.2, 0) is 10.2 Å². The molecular weight excluding hydrogens is 304 g/mol. The number of esters is 1. The molecule has 1 aromatic carbocycles.